The Morgan fingerprint density at radius 3 is 1.15 bits per heavy atom. The molecule has 0 fully saturated rings. The van der Waals surface area contributed by atoms with E-state index in [-0.39, 0.29) is 19.1 Å². The average molecular weight is 984 g/mol. The first-order valence-electron chi connectivity index (χ1n) is 30.0. The van der Waals surface area contributed by atoms with Crippen LogP contribution >= 0.6 is 7.82 Å². The summed E-state index contributed by atoms with van der Waals surface area (Å²) in [4.78, 5) is 25.5. The van der Waals surface area contributed by atoms with Gasteiger partial charge in [-0.1, -0.05) is 276 Å². The SMILES string of the molecule is CCCCCCCC/C=C\CCCCCCCCCCCC(=O)NC(COP(=O)([O-])OCC[N+](C)(C)C)C(O)CCCCCCCCCCCCCCCCCCCCCCCCCCCCC. The van der Waals surface area contributed by atoms with Crippen LogP contribution in [-0.2, 0) is 18.4 Å². The predicted octanol–water partition coefficient (Wildman–Crippen LogP) is 17.6. The molecule has 0 aromatic rings. The molecule has 0 aromatic carbocycles. The molecule has 3 unspecified atom stereocenters. The van der Waals surface area contributed by atoms with Crippen LogP contribution in [0.15, 0.2) is 12.2 Å². The quantitative estimate of drug-likeness (QED) is 0.0272. The lowest BCUT2D eigenvalue weighted by Crippen LogP contribution is -2.46. The van der Waals surface area contributed by atoms with Gasteiger partial charge in [-0.15, -0.1) is 0 Å². The van der Waals surface area contributed by atoms with Gasteiger partial charge in [0.25, 0.3) is 7.82 Å². The standard InChI is InChI=1S/C59H119N2O6P/c1-6-8-10-12-14-16-18-20-22-24-26-27-28-29-30-31-32-33-35-36-38-40-42-44-46-48-50-52-58(62)57(56-67-68(64,65)66-55-54-61(3,4)5)60-59(63)53-51-49-47-45-43-41-39-37-34-25-23-21-19-17-15-13-11-9-7-2/h21,23,57-58,62H,6-20,22,24-56H2,1-5H3,(H-,60,63,64,65)/b23-21-. The number of quaternary nitrogens is 1. The molecule has 1 amide bonds. The van der Waals surface area contributed by atoms with Crippen molar-refractivity contribution in [2.75, 3.05) is 40.9 Å². The molecule has 9 heteroatoms. The summed E-state index contributed by atoms with van der Waals surface area (Å²) in [5, 5.41) is 14.0. The van der Waals surface area contributed by atoms with Crippen molar-refractivity contribution in [3.05, 3.63) is 12.2 Å². The smallest absolute Gasteiger partial charge is 0.268 e. The van der Waals surface area contributed by atoms with Crippen molar-refractivity contribution >= 4 is 13.7 Å². The van der Waals surface area contributed by atoms with Crippen molar-refractivity contribution in [3.63, 3.8) is 0 Å². The van der Waals surface area contributed by atoms with Gasteiger partial charge in [0.1, 0.15) is 13.2 Å². The van der Waals surface area contributed by atoms with Gasteiger partial charge < -0.3 is 28.8 Å². The molecule has 8 nitrogen and oxygen atoms in total. The van der Waals surface area contributed by atoms with E-state index in [1.165, 1.54) is 244 Å². The summed E-state index contributed by atoms with van der Waals surface area (Å²) in [6.07, 6.45) is 62.5. The molecule has 0 bridgehead atoms. The minimum absolute atomic E-state index is 0.0144. The Hall–Kier alpha value is -0.760. The Labute approximate surface area is 424 Å². The van der Waals surface area contributed by atoms with E-state index in [0.717, 1.165) is 38.5 Å². The molecule has 0 aliphatic heterocycles. The summed E-state index contributed by atoms with van der Waals surface area (Å²) in [5.74, 6) is -0.162. The first kappa shape index (κ1) is 67.2. The second-order valence-corrected chi connectivity index (χ2v) is 23.5. The largest absolute Gasteiger partial charge is 0.756 e. The number of amides is 1. The number of aliphatic hydroxyl groups is 1. The normalized spacial score (nSPS) is 13.9. The number of hydrogen-bond donors (Lipinski definition) is 2. The molecule has 0 heterocycles. The van der Waals surface area contributed by atoms with Crippen molar-refractivity contribution in [1.29, 1.82) is 0 Å². The summed E-state index contributed by atoms with van der Waals surface area (Å²) in [6.45, 7) is 4.76. The van der Waals surface area contributed by atoms with E-state index >= 15 is 0 Å². The van der Waals surface area contributed by atoms with E-state index in [9.17, 15) is 19.4 Å². The third-order valence-corrected chi connectivity index (χ3v) is 15.0. The van der Waals surface area contributed by atoms with Gasteiger partial charge in [-0.2, -0.15) is 0 Å². The van der Waals surface area contributed by atoms with E-state index in [1.807, 2.05) is 21.1 Å². The highest BCUT2D eigenvalue weighted by Gasteiger charge is 2.24. The van der Waals surface area contributed by atoms with Crippen LogP contribution in [-0.4, -0.2) is 68.5 Å². The zero-order valence-corrected chi connectivity index (χ0v) is 47.2. The fourth-order valence-corrected chi connectivity index (χ4v) is 10.00. The molecule has 0 spiro atoms. The number of rotatable bonds is 56. The topological polar surface area (TPSA) is 108 Å². The zero-order chi connectivity index (χ0) is 49.9. The Bertz CT molecular complexity index is 1120. The molecule has 3 atom stereocenters. The first-order valence-corrected chi connectivity index (χ1v) is 31.5. The van der Waals surface area contributed by atoms with Crippen molar-refractivity contribution in [2.24, 2.45) is 0 Å². The van der Waals surface area contributed by atoms with Crippen LogP contribution in [0.5, 0.6) is 0 Å². The molecule has 68 heavy (non-hydrogen) atoms. The van der Waals surface area contributed by atoms with Gasteiger partial charge in [0, 0.05) is 6.42 Å². The molecule has 0 aromatic heterocycles. The summed E-state index contributed by atoms with van der Waals surface area (Å²) in [5.41, 5.74) is 0. The highest BCUT2D eigenvalue weighted by molar-refractivity contribution is 7.45. The van der Waals surface area contributed by atoms with E-state index in [4.69, 9.17) is 9.05 Å². The van der Waals surface area contributed by atoms with Gasteiger partial charge in [0.15, 0.2) is 0 Å². The van der Waals surface area contributed by atoms with Crippen LogP contribution in [0, 0.1) is 0 Å². The van der Waals surface area contributed by atoms with E-state index in [2.05, 4.69) is 31.3 Å². The van der Waals surface area contributed by atoms with Crippen molar-refractivity contribution in [2.45, 2.75) is 321 Å². The lowest BCUT2D eigenvalue weighted by atomic mass is 10.0. The summed E-state index contributed by atoms with van der Waals surface area (Å²) in [6, 6.07) is -0.799. The van der Waals surface area contributed by atoms with Crippen LogP contribution < -0.4 is 10.2 Å². The number of nitrogens with zero attached hydrogens (tertiary/aromatic N) is 1. The van der Waals surface area contributed by atoms with Crippen LogP contribution in [0.1, 0.15) is 309 Å². The molecule has 0 radical (unpaired) electrons. The lowest BCUT2D eigenvalue weighted by Gasteiger charge is -2.30. The number of hydrogen-bond acceptors (Lipinski definition) is 6. The number of carbonyl (C=O) groups is 1. The van der Waals surface area contributed by atoms with Crippen molar-refractivity contribution in [1.82, 2.24) is 5.32 Å². The molecule has 0 saturated carbocycles. The van der Waals surface area contributed by atoms with E-state index < -0.39 is 20.0 Å². The molecule has 2 N–H and O–H groups in total. The maximum atomic E-state index is 13.0. The zero-order valence-electron chi connectivity index (χ0n) is 46.3. The monoisotopic (exact) mass is 983 g/mol. The first-order chi connectivity index (χ1) is 33.0. The summed E-state index contributed by atoms with van der Waals surface area (Å²) >= 11 is 0. The molecular formula is C59H119N2O6P. The number of unbranched alkanes of at least 4 members (excludes halogenated alkanes) is 41. The number of phosphoric ester groups is 1. The molecular weight excluding hydrogens is 864 g/mol. The molecule has 0 aliphatic carbocycles. The van der Waals surface area contributed by atoms with E-state index in [0.29, 0.717) is 23.9 Å². The third kappa shape index (κ3) is 53.0. The second kappa shape index (κ2) is 51.2. The molecule has 406 valence electrons. The van der Waals surface area contributed by atoms with E-state index in [1.54, 1.807) is 0 Å². The van der Waals surface area contributed by atoms with Crippen LogP contribution in [0.3, 0.4) is 0 Å². The van der Waals surface area contributed by atoms with Gasteiger partial charge in [-0.05, 0) is 38.5 Å². The highest BCUT2D eigenvalue weighted by Crippen LogP contribution is 2.38. The number of phosphoric acid groups is 1. The fraction of sp³-hybridized carbons (Fsp3) is 0.949. The van der Waals surface area contributed by atoms with Gasteiger partial charge in [0.2, 0.25) is 5.91 Å². The van der Waals surface area contributed by atoms with Crippen LogP contribution in [0.4, 0.5) is 0 Å². The predicted molar refractivity (Wildman–Crippen MR) is 293 cm³/mol. The number of carbonyl (C=O) groups excluding carboxylic acids is 1. The third-order valence-electron chi connectivity index (χ3n) is 14.0. The molecule has 0 saturated heterocycles. The van der Waals surface area contributed by atoms with Gasteiger partial charge >= 0.3 is 0 Å². The minimum Gasteiger partial charge on any atom is -0.756 e. The number of allylic oxidation sites excluding steroid dienone is 2. The highest BCUT2D eigenvalue weighted by atomic mass is 31.2. The van der Waals surface area contributed by atoms with Crippen molar-refractivity contribution in [3.8, 4) is 0 Å². The minimum atomic E-state index is -4.57. The Kier molecular flexibility index (Phi) is 50.6. The number of likely N-dealkylation sites (N-methyl/N-ethyl adjacent to an activating group) is 1. The van der Waals surface area contributed by atoms with Gasteiger partial charge in [-0.3, -0.25) is 9.36 Å². The fourth-order valence-electron chi connectivity index (χ4n) is 9.27. The van der Waals surface area contributed by atoms with Gasteiger partial charge in [0.05, 0.1) is 39.9 Å². The summed E-state index contributed by atoms with van der Waals surface area (Å²) < 4.78 is 23.4. The lowest BCUT2D eigenvalue weighted by molar-refractivity contribution is -0.870. The second-order valence-electron chi connectivity index (χ2n) is 22.1. The number of nitrogens with one attached hydrogen (secondary N) is 1. The van der Waals surface area contributed by atoms with Gasteiger partial charge in [-0.25, -0.2) is 0 Å². The average Bonchev–Trinajstić information content (AvgIpc) is 3.30. The van der Waals surface area contributed by atoms with Crippen LogP contribution in [0.25, 0.3) is 0 Å². The van der Waals surface area contributed by atoms with Crippen molar-refractivity contribution < 1.29 is 32.9 Å². The summed E-state index contributed by atoms with van der Waals surface area (Å²) in [7, 11) is 1.32. The Morgan fingerprint density at radius 2 is 0.809 bits per heavy atom. The Balaban J connectivity index is 4.09. The maximum absolute atomic E-state index is 13.0. The Morgan fingerprint density at radius 1 is 0.500 bits per heavy atom. The molecule has 0 aliphatic rings. The molecule has 0 rings (SSSR count). The van der Waals surface area contributed by atoms with Crippen LogP contribution in [0.2, 0.25) is 0 Å². The maximum Gasteiger partial charge on any atom is 0.268 e. The number of aliphatic hydroxyl groups excluding tert-OH is 1.